The number of halogens is 3. The van der Waals surface area contributed by atoms with E-state index in [-0.39, 0.29) is 30.7 Å². The van der Waals surface area contributed by atoms with Gasteiger partial charge in [-0.05, 0) is 43.9 Å². The fourth-order valence-corrected chi connectivity index (χ4v) is 3.88. The Hall–Kier alpha value is -1.38. The van der Waals surface area contributed by atoms with Crippen molar-refractivity contribution in [1.82, 2.24) is 14.8 Å². The van der Waals surface area contributed by atoms with Gasteiger partial charge in [0, 0.05) is 37.4 Å². The molecule has 2 aliphatic heterocycles. The van der Waals surface area contributed by atoms with Crippen molar-refractivity contribution in [2.24, 2.45) is 5.73 Å². The van der Waals surface area contributed by atoms with Crippen LogP contribution >= 0.6 is 36.4 Å². The van der Waals surface area contributed by atoms with E-state index in [9.17, 15) is 4.79 Å². The van der Waals surface area contributed by atoms with E-state index in [0.29, 0.717) is 36.8 Å². The molecule has 2 aliphatic rings. The molecule has 3 N–H and O–H groups in total. The number of benzene rings is 1. The first-order chi connectivity index (χ1) is 13.1. The van der Waals surface area contributed by atoms with Gasteiger partial charge in [-0.15, -0.1) is 35.0 Å². The molecular formula is C19H26Cl3N5O2. The smallest absolute Gasteiger partial charge is 0.244 e. The maximum atomic E-state index is 12.7. The first-order valence-electron chi connectivity index (χ1n) is 9.47. The lowest BCUT2D eigenvalue weighted by molar-refractivity contribution is -0.124. The van der Waals surface area contributed by atoms with Gasteiger partial charge in [-0.25, -0.2) is 0 Å². The van der Waals surface area contributed by atoms with Crippen LogP contribution in [-0.2, 0) is 22.5 Å². The van der Waals surface area contributed by atoms with Crippen molar-refractivity contribution in [3.05, 3.63) is 29.0 Å². The number of aryl methyl sites for hydroxylation is 1. The van der Waals surface area contributed by atoms with Crippen LogP contribution in [0.4, 0.5) is 5.69 Å². The van der Waals surface area contributed by atoms with Gasteiger partial charge in [-0.1, -0.05) is 18.0 Å². The molecule has 0 saturated carbocycles. The van der Waals surface area contributed by atoms with Crippen LogP contribution in [0.2, 0.25) is 5.02 Å². The summed E-state index contributed by atoms with van der Waals surface area (Å²) >= 11 is 6.45. The third kappa shape index (κ3) is 5.03. The number of carbonyl (C=O) groups excluding carboxylic acids is 1. The van der Waals surface area contributed by atoms with E-state index in [4.69, 9.17) is 22.1 Å². The number of amides is 1. The van der Waals surface area contributed by atoms with Gasteiger partial charge in [0.15, 0.2) is 5.82 Å². The fraction of sp³-hybridized carbons (Fsp3) is 0.526. The largest absolute Gasteiger partial charge is 0.381 e. The highest BCUT2D eigenvalue weighted by Gasteiger charge is 2.36. The van der Waals surface area contributed by atoms with Crippen LogP contribution in [0.1, 0.15) is 37.9 Å². The molecule has 1 amide bonds. The fourth-order valence-electron chi connectivity index (χ4n) is 3.68. The molecule has 0 unspecified atom stereocenters. The van der Waals surface area contributed by atoms with E-state index >= 15 is 0 Å². The number of fused-ring (bicyclic) bond motifs is 1. The van der Waals surface area contributed by atoms with Crippen molar-refractivity contribution in [3.63, 3.8) is 0 Å². The Morgan fingerprint density at radius 1 is 1.17 bits per heavy atom. The van der Waals surface area contributed by atoms with Crippen LogP contribution in [0.5, 0.6) is 0 Å². The maximum absolute atomic E-state index is 12.7. The second kappa shape index (κ2) is 10.1. The van der Waals surface area contributed by atoms with E-state index in [0.717, 1.165) is 43.0 Å². The van der Waals surface area contributed by atoms with Crippen molar-refractivity contribution in [1.29, 1.82) is 0 Å². The third-order valence-electron chi connectivity index (χ3n) is 5.41. The normalized spacial score (nSPS) is 17.9. The number of nitrogens with zero attached hydrogens (tertiary/aromatic N) is 3. The zero-order valence-electron chi connectivity index (χ0n) is 16.0. The van der Waals surface area contributed by atoms with Crippen LogP contribution in [0.25, 0.3) is 11.4 Å². The van der Waals surface area contributed by atoms with Gasteiger partial charge in [0.25, 0.3) is 0 Å². The maximum Gasteiger partial charge on any atom is 0.244 e. The molecule has 0 atom stereocenters. The number of hydrogen-bond acceptors (Lipinski definition) is 5. The Morgan fingerprint density at radius 2 is 1.93 bits per heavy atom. The lowest BCUT2D eigenvalue weighted by atomic mass is 9.90. The Morgan fingerprint density at radius 3 is 2.69 bits per heavy atom. The number of anilines is 1. The van der Waals surface area contributed by atoms with Gasteiger partial charge in [0.05, 0.1) is 5.02 Å². The molecule has 0 aliphatic carbocycles. The van der Waals surface area contributed by atoms with Gasteiger partial charge >= 0.3 is 0 Å². The molecule has 1 aromatic carbocycles. The number of hydrogen-bond donors (Lipinski definition) is 2. The molecule has 0 radical (unpaired) electrons. The van der Waals surface area contributed by atoms with Crippen LogP contribution in [0.15, 0.2) is 18.2 Å². The molecule has 29 heavy (non-hydrogen) atoms. The zero-order chi connectivity index (χ0) is 18.9. The quantitative estimate of drug-likeness (QED) is 0.726. The summed E-state index contributed by atoms with van der Waals surface area (Å²) in [5.41, 5.74) is 6.80. The Kier molecular flexibility index (Phi) is 8.31. The minimum absolute atomic E-state index is 0. The topological polar surface area (TPSA) is 95.1 Å². The monoisotopic (exact) mass is 461 g/mol. The summed E-state index contributed by atoms with van der Waals surface area (Å²) < 4.78 is 7.46. The summed E-state index contributed by atoms with van der Waals surface area (Å²) in [4.78, 5) is 12.7. The summed E-state index contributed by atoms with van der Waals surface area (Å²) in [5.74, 6) is 1.55. The summed E-state index contributed by atoms with van der Waals surface area (Å²) in [6.45, 7) is 1.89. The molecule has 7 nitrogen and oxygen atoms in total. The molecule has 0 bridgehead atoms. The highest BCUT2D eigenvalue weighted by atomic mass is 35.5. The second-order valence-electron chi connectivity index (χ2n) is 7.32. The zero-order valence-corrected chi connectivity index (χ0v) is 18.4. The number of carbonyl (C=O) groups is 1. The van der Waals surface area contributed by atoms with Gasteiger partial charge in [-0.2, -0.15) is 0 Å². The highest BCUT2D eigenvalue weighted by Crippen LogP contribution is 2.32. The third-order valence-corrected chi connectivity index (χ3v) is 5.74. The minimum Gasteiger partial charge on any atom is -0.381 e. The standard InChI is InChI=1S/C19H24ClN5O2.2ClH/c20-15-6-5-13(22-18(26)19(21)7-10-27-11-8-19)12-14(15)17-24-23-16-4-2-1-3-9-25(16)17;;/h5-6,12H,1-4,7-11,21H2,(H,22,26);2*1H. The molecule has 3 heterocycles. The van der Waals surface area contributed by atoms with Gasteiger partial charge < -0.3 is 20.4 Å². The SMILES string of the molecule is Cl.Cl.NC1(C(=O)Nc2ccc(Cl)c(-c3nnc4n3CCCCC4)c2)CCOCC1. The molecule has 1 aromatic heterocycles. The van der Waals surface area contributed by atoms with E-state index in [1.807, 2.05) is 6.07 Å². The summed E-state index contributed by atoms with van der Waals surface area (Å²) in [6.07, 6.45) is 5.37. The Balaban J connectivity index is 0.00000150. The highest BCUT2D eigenvalue weighted by molar-refractivity contribution is 6.33. The first-order valence-corrected chi connectivity index (χ1v) is 9.85. The van der Waals surface area contributed by atoms with E-state index in [1.165, 1.54) is 6.42 Å². The van der Waals surface area contributed by atoms with Crippen LogP contribution < -0.4 is 11.1 Å². The molecule has 1 saturated heterocycles. The van der Waals surface area contributed by atoms with Crippen molar-refractivity contribution in [3.8, 4) is 11.4 Å². The van der Waals surface area contributed by atoms with Gasteiger partial charge in [0.1, 0.15) is 11.4 Å². The molecule has 0 spiro atoms. The number of rotatable bonds is 3. The second-order valence-corrected chi connectivity index (χ2v) is 7.73. The number of ether oxygens (including phenoxy) is 1. The molecule has 2 aromatic rings. The minimum atomic E-state index is -0.899. The van der Waals surface area contributed by atoms with Crippen LogP contribution in [0, 0.1) is 0 Å². The molecule has 1 fully saturated rings. The van der Waals surface area contributed by atoms with E-state index in [1.54, 1.807) is 12.1 Å². The van der Waals surface area contributed by atoms with E-state index in [2.05, 4.69) is 20.1 Å². The summed E-state index contributed by atoms with van der Waals surface area (Å²) in [5, 5.41) is 12.2. The molecule has 10 heteroatoms. The van der Waals surface area contributed by atoms with Gasteiger partial charge in [0.2, 0.25) is 5.91 Å². The van der Waals surface area contributed by atoms with Crippen molar-refractivity contribution < 1.29 is 9.53 Å². The number of nitrogens with one attached hydrogen (secondary N) is 1. The van der Waals surface area contributed by atoms with Crippen molar-refractivity contribution in [2.75, 3.05) is 18.5 Å². The summed E-state index contributed by atoms with van der Waals surface area (Å²) in [7, 11) is 0. The average molecular weight is 463 g/mol. The molecule has 4 rings (SSSR count). The predicted molar refractivity (Wildman–Crippen MR) is 118 cm³/mol. The van der Waals surface area contributed by atoms with Crippen molar-refractivity contribution in [2.45, 2.75) is 50.6 Å². The summed E-state index contributed by atoms with van der Waals surface area (Å²) in [6, 6.07) is 5.41. The van der Waals surface area contributed by atoms with Crippen LogP contribution in [0.3, 0.4) is 0 Å². The Labute approximate surface area is 187 Å². The lowest BCUT2D eigenvalue weighted by Gasteiger charge is -2.31. The predicted octanol–water partition coefficient (Wildman–Crippen LogP) is 3.61. The van der Waals surface area contributed by atoms with Crippen molar-refractivity contribution >= 4 is 48.0 Å². The number of nitrogens with two attached hydrogens (primary N) is 1. The Bertz CT molecular complexity index is 852. The first kappa shape index (κ1) is 23.9. The van der Waals surface area contributed by atoms with E-state index < -0.39 is 5.54 Å². The van der Waals surface area contributed by atoms with Crippen LogP contribution in [-0.4, -0.2) is 39.4 Å². The lowest BCUT2D eigenvalue weighted by Crippen LogP contribution is -2.54. The average Bonchev–Trinajstić information content (AvgIpc) is 2.91. The molecule has 160 valence electrons. The number of aromatic nitrogens is 3. The molecular weight excluding hydrogens is 437 g/mol. The van der Waals surface area contributed by atoms with Gasteiger partial charge in [-0.3, -0.25) is 4.79 Å².